The molecule has 51 heteroatoms. The van der Waals surface area contributed by atoms with Gasteiger partial charge in [0.05, 0.1) is 58.1 Å². The Labute approximate surface area is 557 Å². The third kappa shape index (κ3) is 15.1. The van der Waals surface area contributed by atoms with Gasteiger partial charge in [-0.15, -0.1) is 0 Å². The molecule has 0 aromatic carbocycles. The molecule has 5 aliphatic rings. The molecule has 47 nitrogen and oxygen atoms in total. The average Bonchev–Trinajstić information content (AvgIpc) is 1.64. The molecule has 13 rings (SSSR count). The number of nitrogens with one attached hydrogen (secondary N) is 1. The molecule has 17 N–H and O–H groups in total. The molecule has 0 radical (unpaired) electrons. The standard InChI is InChI=1S/C49H63N21O26P4/c1-20-9-67(49(75)63-40(20)51)34-6-23(28(90-34)12-86-100(82,83)96-25-8-36(69-18-60-38-42(53)56-16-58-44(38)69)91-29(25)13-85-98(78,79)93-22-5-33(88-26(22)10-71)66-3-2-31(50)62-48(66)74)94-99(80,81)87-14-30-24(7-35(92-30)68-17-59-37-41(52)55-15-57-43(37)68)95-97(76,77)84-11-27-21(72)4-32(89-27)70-19-61-39-45(70)64-47(54)65-46(39)73/h2-3,9,15-19,21-30,32-36,71-72H,4-8,10-14H2,1H3,(H,76,77)(H,78,79)(H,80,81)(H,82,83)(H2,50,62,74)(H2,51,63,75)(H2,52,55,57)(H2,53,56,58)(H3,54,64,65,73)/t21-,22-,23-,24-,25-,26+,27+,28+,29+,30+,32+,33+,34+,35+,36+/m0/s1. The van der Waals surface area contributed by atoms with Gasteiger partial charge < -0.3 is 82.1 Å². The van der Waals surface area contributed by atoms with Crippen molar-refractivity contribution in [2.45, 2.75) is 131 Å². The van der Waals surface area contributed by atoms with Gasteiger partial charge in [-0.25, -0.2) is 62.7 Å². The van der Waals surface area contributed by atoms with E-state index in [1.54, 1.807) is 0 Å². The first-order valence-corrected chi connectivity index (χ1v) is 35.9. The highest BCUT2D eigenvalue weighted by atomic mass is 31.2. The summed E-state index contributed by atoms with van der Waals surface area (Å²) in [4.78, 5) is 126. The van der Waals surface area contributed by atoms with E-state index in [-0.39, 0.29) is 94.0 Å². The molecule has 0 aliphatic carbocycles. The van der Waals surface area contributed by atoms with Gasteiger partial charge in [-0.1, -0.05) is 0 Å². The Bertz CT molecular complexity index is 4780. The van der Waals surface area contributed by atoms with E-state index in [4.69, 9.17) is 88.5 Å². The van der Waals surface area contributed by atoms with E-state index in [1.165, 1.54) is 58.1 Å². The molecular weight excluding hydrogens is 1420 g/mol. The van der Waals surface area contributed by atoms with E-state index in [1.807, 2.05) is 0 Å². The van der Waals surface area contributed by atoms with Gasteiger partial charge in [-0.3, -0.25) is 68.8 Å². The number of anilines is 5. The van der Waals surface area contributed by atoms with Crippen LogP contribution in [0.1, 0.15) is 68.8 Å². The number of ether oxygens (including phenoxy) is 5. The molecule has 0 saturated carbocycles. The van der Waals surface area contributed by atoms with Crippen LogP contribution in [0.15, 0.2) is 64.5 Å². The zero-order valence-corrected chi connectivity index (χ0v) is 55.2. The number of hydrogen-bond donors (Lipinski definition) is 12. The third-order valence-electron chi connectivity index (χ3n) is 16.6. The third-order valence-corrected chi connectivity index (χ3v) is 20.6. The Hall–Kier alpha value is -7.63. The van der Waals surface area contributed by atoms with Crippen LogP contribution in [0, 0.1) is 6.92 Å². The molecule has 0 spiro atoms. The molecule has 8 aromatic rings. The number of nitrogen functional groups attached to an aromatic ring is 5. The molecule has 5 aliphatic heterocycles. The van der Waals surface area contributed by atoms with E-state index < -0.39 is 180 Å². The number of aryl methyl sites for hydroxylation is 1. The monoisotopic (exact) mass is 1490 g/mol. The first kappa shape index (κ1) is 70.8. The summed E-state index contributed by atoms with van der Waals surface area (Å²) in [5, 5.41) is 21.1. The van der Waals surface area contributed by atoms with Crippen LogP contribution in [0.3, 0.4) is 0 Å². The zero-order valence-electron chi connectivity index (χ0n) is 51.6. The second-order valence-corrected chi connectivity index (χ2v) is 28.8. The van der Waals surface area contributed by atoms with Crippen molar-refractivity contribution in [3.8, 4) is 0 Å². The number of hydrogen-bond acceptors (Lipinski definition) is 37. The fourth-order valence-electron chi connectivity index (χ4n) is 11.8. The highest BCUT2D eigenvalue weighted by Gasteiger charge is 2.50. The van der Waals surface area contributed by atoms with Crippen molar-refractivity contribution in [1.29, 1.82) is 0 Å². The van der Waals surface area contributed by atoms with Crippen molar-refractivity contribution in [2.75, 3.05) is 61.7 Å². The van der Waals surface area contributed by atoms with Gasteiger partial charge in [0.1, 0.15) is 121 Å². The van der Waals surface area contributed by atoms with E-state index in [2.05, 4.69) is 54.8 Å². The van der Waals surface area contributed by atoms with E-state index in [0.29, 0.717) is 0 Å². The number of phosphoric ester groups is 4. The number of imidazole rings is 3. The van der Waals surface area contributed by atoms with Crippen LogP contribution in [0.2, 0.25) is 0 Å². The summed E-state index contributed by atoms with van der Waals surface area (Å²) in [5.74, 6) is -0.490. The van der Waals surface area contributed by atoms with Gasteiger partial charge in [0.25, 0.3) is 5.56 Å². The predicted octanol–water partition coefficient (Wildman–Crippen LogP) is -1.67. The first-order valence-electron chi connectivity index (χ1n) is 29.9. The van der Waals surface area contributed by atoms with Crippen molar-refractivity contribution in [2.24, 2.45) is 0 Å². The maximum absolute atomic E-state index is 14.3. The number of nitrogens with zero attached hydrogens (tertiary/aromatic N) is 15. The largest absolute Gasteiger partial charge is 0.472 e. The number of fused-ring (bicyclic) bond motifs is 3. The van der Waals surface area contributed by atoms with Crippen LogP contribution in [0.4, 0.5) is 29.2 Å². The first-order chi connectivity index (χ1) is 47.5. The Morgan fingerprint density at radius 3 is 1.38 bits per heavy atom. The van der Waals surface area contributed by atoms with Gasteiger partial charge in [-0.05, 0) is 13.0 Å². The molecular formula is C49H63N21O26P4. The van der Waals surface area contributed by atoms with Crippen molar-refractivity contribution in [1.82, 2.24) is 77.7 Å². The number of nitrogens with two attached hydrogens (primary N) is 5. The zero-order chi connectivity index (χ0) is 70.9. The Morgan fingerprint density at radius 1 is 0.500 bits per heavy atom. The summed E-state index contributed by atoms with van der Waals surface area (Å²) in [6.07, 6.45) is -13.7. The Morgan fingerprint density at radius 2 is 0.900 bits per heavy atom. The van der Waals surface area contributed by atoms with Gasteiger partial charge in [0, 0.05) is 50.1 Å². The van der Waals surface area contributed by atoms with E-state index in [9.17, 15) is 62.4 Å². The summed E-state index contributed by atoms with van der Waals surface area (Å²) in [7, 11) is -21.4. The minimum Gasteiger partial charge on any atom is -0.394 e. The lowest BCUT2D eigenvalue weighted by molar-refractivity contribution is -0.0640. The van der Waals surface area contributed by atoms with Gasteiger partial charge in [0.2, 0.25) is 5.95 Å². The summed E-state index contributed by atoms with van der Waals surface area (Å²) >= 11 is 0. The van der Waals surface area contributed by atoms with Gasteiger partial charge in [0.15, 0.2) is 34.1 Å². The van der Waals surface area contributed by atoms with Crippen molar-refractivity contribution >= 4 is 94.0 Å². The molecule has 5 fully saturated rings. The lowest BCUT2D eigenvalue weighted by Gasteiger charge is -2.25. The van der Waals surface area contributed by atoms with Crippen LogP contribution in [0.5, 0.6) is 0 Å². The molecule has 13 heterocycles. The summed E-state index contributed by atoms with van der Waals surface area (Å²) in [6, 6.07) is 1.31. The van der Waals surface area contributed by atoms with Crippen LogP contribution in [-0.2, 0) is 78.1 Å². The molecule has 0 amide bonds. The number of aromatic nitrogens is 16. The van der Waals surface area contributed by atoms with E-state index >= 15 is 0 Å². The maximum Gasteiger partial charge on any atom is 0.472 e. The van der Waals surface area contributed by atoms with Gasteiger partial charge >= 0.3 is 42.7 Å². The number of aromatic amines is 1. The van der Waals surface area contributed by atoms with Crippen molar-refractivity contribution in [3.05, 3.63) is 87.0 Å². The average molecular weight is 1490 g/mol. The summed E-state index contributed by atoms with van der Waals surface area (Å²) < 4.78 is 136. The lowest BCUT2D eigenvalue weighted by atomic mass is 10.2. The smallest absolute Gasteiger partial charge is 0.394 e. The minimum absolute atomic E-state index is 0.0149. The number of aliphatic hydroxyl groups is 2. The minimum atomic E-state index is -5.48. The Balaban J connectivity index is 0.698. The number of H-pyrrole nitrogens is 1. The van der Waals surface area contributed by atoms with Crippen LogP contribution >= 0.6 is 31.3 Å². The number of phosphoric acid groups is 4. The van der Waals surface area contributed by atoms with Crippen LogP contribution in [0.25, 0.3) is 33.5 Å². The topological polar surface area (TPSA) is 660 Å². The highest BCUT2D eigenvalue weighted by Crippen LogP contribution is 2.55. The number of aliphatic hydroxyl groups excluding tert-OH is 2. The summed E-state index contributed by atoms with van der Waals surface area (Å²) in [5.41, 5.74) is 27.7. The fraction of sp³-hybridized carbons (Fsp3) is 0.531. The Kier molecular flexibility index (Phi) is 19.8. The quantitative estimate of drug-likeness (QED) is 0.0270. The van der Waals surface area contributed by atoms with Crippen LogP contribution < -0.4 is 45.6 Å². The molecule has 100 heavy (non-hydrogen) atoms. The second-order valence-electron chi connectivity index (χ2n) is 23.2. The van der Waals surface area contributed by atoms with E-state index in [0.717, 1.165) is 21.8 Å². The van der Waals surface area contributed by atoms with Gasteiger partial charge in [-0.2, -0.15) is 15.0 Å². The molecule has 5 saturated heterocycles. The summed E-state index contributed by atoms with van der Waals surface area (Å²) in [6.45, 7) is -2.88. The maximum atomic E-state index is 14.3. The molecule has 19 atom stereocenters. The van der Waals surface area contributed by atoms with Crippen molar-refractivity contribution < 1.29 is 108 Å². The SMILES string of the molecule is Cc1cn([C@H]2C[C@H](OP(=O)(O)OC[C@H]3O[C@@H](n4cnc5c(N)ncnc54)C[C@@H]3OP(=O)(O)OC[C@H]3O[C@@H](n4cnc5c(=O)[nH]c(N)nc54)C[C@@H]3O)[C@@H](COP(=O)(O)O[C@H]3C[C@H](n4cnc5c(N)ncnc54)O[C@@H]3COP(=O)(O)O[C@H]3C[C@H](n4ccc(N)nc4=O)O[C@@H]3CO)O2)c(=O)nc1N. The normalized spacial score (nSPS) is 29.6. The molecule has 540 valence electrons. The molecule has 0 bridgehead atoms. The molecule has 8 aromatic heterocycles. The predicted molar refractivity (Wildman–Crippen MR) is 331 cm³/mol. The lowest BCUT2D eigenvalue weighted by Crippen LogP contribution is -2.32. The second kappa shape index (κ2) is 28.0. The molecule has 4 unspecified atom stereocenters. The number of rotatable bonds is 26. The van der Waals surface area contributed by atoms with Crippen LogP contribution in [-0.4, -0.2) is 202 Å². The van der Waals surface area contributed by atoms with Crippen molar-refractivity contribution in [3.63, 3.8) is 0 Å². The highest BCUT2D eigenvalue weighted by molar-refractivity contribution is 7.48. The fourth-order valence-corrected chi connectivity index (χ4v) is 15.6.